The van der Waals surface area contributed by atoms with E-state index in [1.807, 2.05) is 26.0 Å². The van der Waals surface area contributed by atoms with Crippen LogP contribution in [0.1, 0.15) is 46.9 Å². The molecule has 1 N–H and O–H groups in total. The van der Waals surface area contributed by atoms with Crippen molar-refractivity contribution >= 4 is 5.97 Å². The van der Waals surface area contributed by atoms with E-state index in [1.165, 1.54) is 19.2 Å². The first-order chi connectivity index (χ1) is 14.0. The minimum absolute atomic E-state index is 0.0111. The number of aromatic nitrogens is 1. The molecule has 1 aromatic heterocycles. The van der Waals surface area contributed by atoms with E-state index in [0.29, 0.717) is 24.3 Å². The molecule has 0 saturated heterocycles. The molecule has 0 bridgehead atoms. The number of ether oxygens (including phenoxy) is 1. The summed E-state index contributed by atoms with van der Waals surface area (Å²) in [5.74, 6) is -0.737. The number of carbonyl (C=O) groups is 1. The maximum atomic E-state index is 13.6. The van der Waals surface area contributed by atoms with Gasteiger partial charge in [0.25, 0.3) is 0 Å². The first-order valence-corrected chi connectivity index (χ1v) is 9.71. The van der Waals surface area contributed by atoms with Crippen LogP contribution in [0.15, 0.2) is 48.5 Å². The lowest BCUT2D eigenvalue weighted by atomic mass is 9.87. The summed E-state index contributed by atoms with van der Waals surface area (Å²) >= 11 is 0. The molecule has 0 radical (unpaired) electrons. The van der Waals surface area contributed by atoms with Gasteiger partial charge in [-0.3, -0.25) is 4.98 Å². The molecule has 0 aliphatic carbocycles. The molecule has 2 heterocycles. The number of fused-ring (bicyclic) bond motifs is 3. The molecular formula is C24H23FN2O2. The van der Waals surface area contributed by atoms with Gasteiger partial charge in [-0.1, -0.05) is 50.2 Å². The average molecular weight is 390 g/mol. The van der Waals surface area contributed by atoms with E-state index in [0.717, 1.165) is 33.5 Å². The lowest BCUT2D eigenvalue weighted by molar-refractivity contribution is 0.0599. The summed E-state index contributed by atoms with van der Waals surface area (Å²) in [6.07, 6.45) is 0. The predicted molar refractivity (Wildman–Crippen MR) is 111 cm³/mol. The first-order valence-electron chi connectivity index (χ1n) is 9.71. The normalized spacial score (nSPS) is 12.9. The second-order valence-corrected chi connectivity index (χ2v) is 7.49. The summed E-state index contributed by atoms with van der Waals surface area (Å²) in [5.41, 5.74) is 6.66. The summed E-state index contributed by atoms with van der Waals surface area (Å²) < 4.78 is 18.8. The van der Waals surface area contributed by atoms with Crippen LogP contribution in [0.4, 0.5) is 4.39 Å². The van der Waals surface area contributed by atoms with Crippen molar-refractivity contribution in [2.45, 2.75) is 32.9 Å². The molecule has 1 aliphatic rings. The molecule has 1 aliphatic heterocycles. The number of rotatable bonds is 3. The molecular weight excluding hydrogens is 367 g/mol. The average Bonchev–Trinajstić information content (AvgIpc) is 2.92. The van der Waals surface area contributed by atoms with Gasteiger partial charge >= 0.3 is 5.97 Å². The first kappa shape index (κ1) is 19.3. The third kappa shape index (κ3) is 3.42. The van der Waals surface area contributed by atoms with Crippen LogP contribution >= 0.6 is 0 Å². The fourth-order valence-corrected chi connectivity index (χ4v) is 3.93. The second kappa shape index (κ2) is 7.76. The lowest BCUT2D eigenvalue weighted by Crippen LogP contribution is -2.17. The Balaban J connectivity index is 2.13. The summed E-state index contributed by atoms with van der Waals surface area (Å²) in [6.45, 7) is 5.28. The zero-order chi connectivity index (χ0) is 20.5. The quantitative estimate of drug-likeness (QED) is 0.635. The van der Waals surface area contributed by atoms with Crippen molar-refractivity contribution < 1.29 is 13.9 Å². The highest BCUT2D eigenvalue weighted by atomic mass is 19.1. The molecule has 3 aromatic rings. The van der Waals surface area contributed by atoms with Gasteiger partial charge in [0.1, 0.15) is 5.82 Å². The molecule has 0 amide bonds. The number of halogens is 1. The number of nitrogens with zero attached hydrogens (tertiary/aromatic N) is 1. The van der Waals surface area contributed by atoms with Crippen molar-refractivity contribution in [2.75, 3.05) is 7.11 Å². The number of hydrogen-bond donors (Lipinski definition) is 1. The number of hydrogen-bond acceptors (Lipinski definition) is 4. The van der Waals surface area contributed by atoms with Crippen LogP contribution in [0.5, 0.6) is 0 Å². The Morgan fingerprint density at radius 3 is 2.52 bits per heavy atom. The second-order valence-electron chi connectivity index (χ2n) is 7.49. The van der Waals surface area contributed by atoms with Crippen LogP contribution in [-0.4, -0.2) is 18.1 Å². The number of benzene rings is 2. The maximum Gasteiger partial charge on any atom is 0.340 e. The highest BCUT2D eigenvalue weighted by molar-refractivity contribution is 6.01. The minimum atomic E-state index is -0.430. The molecule has 5 heteroatoms. The zero-order valence-electron chi connectivity index (χ0n) is 16.8. The Morgan fingerprint density at radius 2 is 1.83 bits per heavy atom. The monoisotopic (exact) mass is 390 g/mol. The summed E-state index contributed by atoms with van der Waals surface area (Å²) in [7, 11) is 1.38. The molecule has 4 nitrogen and oxygen atoms in total. The smallest absolute Gasteiger partial charge is 0.340 e. The van der Waals surface area contributed by atoms with Gasteiger partial charge in [0.15, 0.2) is 0 Å². The number of methoxy groups -OCH3 is 1. The Labute approximate surface area is 169 Å². The van der Waals surface area contributed by atoms with E-state index in [2.05, 4.69) is 17.4 Å². The van der Waals surface area contributed by atoms with Crippen molar-refractivity contribution in [1.82, 2.24) is 10.3 Å². The topological polar surface area (TPSA) is 51.2 Å². The maximum absolute atomic E-state index is 13.6. The molecule has 29 heavy (non-hydrogen) atoms. The third-order valence-electron chi connectivity index (χ3n) is 5.29. The third-order valence-corrected chi connectivity index (χ3v) is 5.29. The van der Waals surface area contributed by atoms with Crippen molar-refractivity contribution in [3.63, 3.8) is 0 Å². The van der Waals surface area contributed by atoms with Gasteiger partial charge in [-0.25, -0.2) is 9.18 Å². The van der Waals surface area contributed by atoms with Crippen LogP contribution in [0, 0.1) is 5.82 Å². The van der Waals surface area contributed by atoms with E-state index in [-0.39, 0.29) is 11.7 Å². The fourth-order valence-electron chi connectivity index (χ4n) is 3.93. The molecule has 0 fully saturated rings. The number of pyridine rings is 1. The minimum Gasteiger partial charge on any atom is -0.465 e. The number of carbonyl (C=O) groups excluding carboxylic acids is 1. The van der Waals surface area contributed by atoms with Crippen molar-refractivity contribution in [3.8, 4) is 22.4 Å². The van der Waals surface area contributed by atoms with Gasteiger partial charge < -0.3 is 10.1 Å². The van der Waals surface area contributed by atoms with Gasteiger partial charge in [0, 0.05) is 29.8 Å². The Hall–Kier alpha value is -3.05. The Bertz CT molecular complexity index is 1070. The van der Waals surface area contributed by atoms with Gasteiger partial charge in [-0.2, -0.15) is 0 Å². The van der Waals surface area contributed by atoms with E-state index in [1.54, 1.807) is 12.1 Å². The van der Waals surface area contributed by atoms with E-state index in [4.69, 9.17) is 9.72 Å². The standard InChI is InChI=1S/C24H23FN2O2/c1-14(2)22-21(24(28)29-3)20(15-8-10-17(25)11-9-15)19-13-26-12-16-6-4-5-7-18(16)23(19)27-22/h4-11,14,26H,12-13H2,1-3H3. The van der Waals surface area contributed by atoms with Crippen LogP contribution in [0.25, 0.3) is 22.4 Å². The molecule has 148 valence electrons. The molecule has 0 unspecified atom stereocenters. The lowest BCUT2D eigenvalue weighted by Gasteiger charge is -2.21. The van der Waals surface area contributed by atoms with Crippen molar-refractivity contribution in [2.24, 2.45) is 0 Å². The SMILES string of the molecule is COC(=O)c1c(C(C)C)nc2c(c1-c1ccc(F)cc1)CNCc1ccccc1-2. The van der Waals surface area contributed by atoms with E-state index >= 15 is 0 Å². The number of nitrogens with one attached hydrogen (secondary N) is 1. The van der Waals surface area contributed by atoms with Gasteiger partial charge in [-0.15, -0.1) is 0 Å². The van der Waals surface area contributed by atoms with Crippen LogP contribution in [0.2, 0.25) is 0 Å². The highest BCUT2D eigenvalue weighted by Gasteiger charge is 2.29. The summed E-state index contributed by atoms with van der Waals surface area (Å²) in [6, 6.07) is 14.4. The van der Waals surface area contributed by atoms with Crippen molar-refractivity contribution in [3.05, 3.63) is 76.7 Å². The van der Waals surface area contributed by atoms with Gasteiger partial charge in [0.05, 0.1) is 24.1 Å². The van der Waals surface area contributed by atoms with Crippen molar-refractivity contribution in [1.29, 1.82) is 0 Å². The van der Waals surface area contributed by atoms with Crippen LogP contribution < -0.4 is 5.32 Å². The molecule has 0 spiro atoms. The molecule has 2 aromatic carbocycles. The van der Waals surface area contributed by atoms with Crippen LogP contribution in [0.3, 0.4) is 0 Å². The van der Waals surface area contributed by atoms with Gasteiger partial charge in [0.2, 0.25) is 0 Å². The number of esters is 1. The van der Waals surface area contributed by atoms with Gasteiger partial charge in [-0.05, 0) is 29.2 Å². The van der Waals surface area contributed by atoms with Crippen LogP contribution in [-0.2, 0) is 17.8 Å². The Kier molecular flexibility index (Phi) is 5.16. The zero-order valence-corrected chi connectivity index (χ0v) is 16.8. The predicted octanol–water partition coefficient (Wildman–Crippen LogP) is 5.07. The van der Waals surface area contributed by atoms with E-state index < -0.39 is 5.97 Å². The highest BCUT2D eigenvalue weighted by Crippen LogP contribution is 2.40. The molecule has 4 rings (SSSR count). The summed E-state index contributed by atoms with van der Waals surface area (Å²) in [4.78, 5) is 17.8. The largest absolute Gasteiger partial charge is 0.465 e. The van der Waals surface area contributed by atoms with E-state index in [9.17, 15) is 9.18 Å². The fraction of sp³-hybridized carbons (Fsp3) is 0.250. The summed E-state index contributed by atoms with van der Waals surface area (Å²) in [5, 5.41) is 3.45. The molecule has 0 atom stereocenters. The molecule has 0 saturated carbocycles. The Morgan fingerprint density at radius 1 is 1.10 bits per heavy atom.